The lowest BCUT2D eigenvalue weighted by Crippen LogP contribution is -2.29. The first kappa shape index (κ1) is 13.0. The van der Waals surface area contributed by atoms with Crippen LogP contribution in [0.1, 0.15) is 50.4 Å². The van der Waals surface area contributed by atoms with Gasteiger partial charge in [-0.1, -0.05) is 20.8 Å². The smallest absolute Gasteiger partial charge is 0.113 e. The topological polar surface area (TPSA) is 34.2 Å². The van der Waals surface area contributed by atoms with Crippen molar-refractivity contribution in [3.63, 3.8) is 0 Å². The molecule has 3 nitrogen and oxygen atoms in total. The van der Waals surface area contributed by atoms with Gasteiger partial charge in [-0.3, -0.25) is 0 Å². The van der Waals surface area contributed by atoms with Crippen molar-refractivity contribution in [3.05, 3.63) is 16.1 Å². The predicted octanol–water partition coefficient (Wildman–Crippen LogP) is 2.88. The molecule has 0 radical (unpaired) electrons. The molecule has 2 rings (SSSR count). The van der Waals surface area contributed by atoms with Gasteiger partial charge in [0.15, 0.2) is 0 Å². The van der Waals surface area contributed by atoms with E-state index >= 15 is 0 Å². The molecule has 1 aliphatic heterocycles. The predicted molar refractivity (Wildman–Crippen MR) is 71.6 cm³/mol. The Hall–Kier alpha value is -0.450. The van der Waals surface area contributed by atoms with E-state index in [0.717, 1.165) is 18.0 Å². The van der Waals surface area contributed by atoms with Gasteiger partial charge < -0.3 is 10.1 Å². The molecule has 1 fully saturated rings. The van der Waals surface area contributed by atoms with Crippen LogP contribution >= 0.6 is 11.3 Å². The first-order valence-electron chi connectivity index (χ1n) is 6.27. The molecule has 1 aromatic heterocycles. The van der Waals surface area contributed by atoms with Gasteiger partial charge in [-0.2, -0.15) is 0 Å². The number of nitrogens with zero attached hydrogens (tertiary/aromatic N) is 1. The number of aromatic nitrogens is 1. The molecule has 0 aliphatic carbocycles. The van der Waals surface area contributed by atoms with E-state index in [1.54, 1.807) is 11.3 Å². The van der Waals surface area contributed by atoms with Gasteiger partial charge in [0.25, 0.3) is 0 Å². The number of rotatable bonds is 3. The van der Waals surface area contributed by atoms with Crippen LogP contribution in [0.5, 0.6) is 0 Å². The van der Waals surface area contributed by atoms with Crippen LogP contribution in [0.15, 0.2) is 5.38 Å². The summed E-state index contributed by atoms with van der Waals surface area (Å²) < 4.78 is 5.76. The highest BCUT2D eigenvalue weighted by Crippen LogP contribution is 2.31. The van der Waals surface area contributed by atoms with Crippen LogP contribution in [0.4, 0.5) is 0 Å². The maximum absolute atomic E-state index is 5.76. The zero-order valence-corrected chi connectivity index (χ0v) is 11.9. The number of likely N-dealkylation sites (N-methyl/N-ethyl adjacent to an activating group) is 1. The van der Waals surface area contributed by atoms with Crippen molar-refractivity contribution in [2.24, 2.45) is 0 Å². The van der Waals surface area contributed by atoms with Crippen LogP contribution in [0.25, 0.3) is 0 Å². The first-order chi connectivity index (χ1) is 8.02. The molecule has 1 saturated heterocycles. The molecular weight excluding hydrogens is 232 g/mol. The van der Waals surface area contributed by atoms with Crippen molar-refractivity contribution in [2.75, 3.05) is 13.7 Å². The minimum Gasteiger partial charge on any atom is -0.376 e. The Morgan fingerprint density at radius 2 is 2.29 bits per heavy atom. The summed E-state index contributed by atoms with van der Waals surface area (Å²) in [6.45, 7) is 7.49. The molecule has 1 aliphatic rings. The third-order valence-electron chi connectivity index (χ3n) is 3.20. The van der Waals surface area contributed by atoms with Gasteiger partial charge in [0.1, 0.15) is 5.01 Å². The molecule has 2 heterocycles. The van der Waals surface area contributed by atoms with Gasteiger partial charge in [0.2, 0.25) is 0 Å². The SMILES string of the molecule is CNC(c1nc(C(C)(C)C)cs1)C1CCCO1. The van der Waals surface area contributed by atoms with Crippen LogP contribution in [-0.2, 0) is 10.2 Å². The van der Waals surface area contributed by atoms with Gasteiger partial charge in [-0.25, -0.2) is 4.98 Å². The minimum atomic E-state index is 0.129. The summed E-state index contributed by atoms with van der Waals surface area (Å²) >= 11 is 1.74. The van der Waals surface area contributed by atoms with E-state index in [4.69, 9.17) is 9.72 Å². The first-order valence-corrected chi connectivity index (χ1v) is 7.15. The van der Waals surface area contributed by atoms with Gasteiger partial charge in [0.05, 0.1) is 17.8 Å². The molecule has 2 unspecified atom stereocenters. The standard InChI is InChI=1S/C13H22N2OS/c1-13(2,3)10-8-17-12(15-10)11(14-4)9-6-5-7-16-9/h8-9,11,14H,5-7H2,1-4H3. The Morgan fingerprint density at radius 3 is 2.76 bits per heavy atom. The number of hydrogen-bond donors (Lipinski definition) is 1. The fourth-order valence-electron chi connectivity index (χ4n) is 2.11. The Balaban J connectivity index is 2.17. The van der Waals surface area contributed by atoms with E-state index in [9.17, 15) is 0 Å². The lowest BCUT2D eigenvalue weighted by Gasteiger charge is -2.20. The molecule has 0 aromatic carbocycles. The second-order valence-corrected chi connectivity index (χ2v) is 6.53. The lowest BCUT2D eigenvalue weighted by atomic mass is 9.93. The van der Waals surface area contributed by atoms with Crippen LogP contribution in [0.3, 0.4) is 0 Å². The molecule has 0 saturated carbocycles. The highest BCUT2D eigenvalue weighted by molar-refractivity contribution is 7.09. The van der Waals surface area contributed by atoms with E-state index < -0.39 is 0 Å². The zero-order chi connectivity index (χ0) is 12.5. The summed E-state index contributed by atoms with van der Waals surface area (Å²) in [6.07, 6.45) is 2.59. The van der Waals surface area contributed by atoms with Crippen molar-refractivity contribution in [1.82, 2.24) is 10.3 Å². The van der Waals surface area contributed by atoms with Crippen molar-refractivity contribution < 1.29 is 4.74 Å². The van der Waals surface area contributed by atoms with E-state index in [2.05, 4.69) is 31.5 Å². The normalized spacial score (nSPS) is 22.9. The molecule has 0 amide bonds. The fraction of sp³-hybridized carbons (Fsp3) is 0.769. The molecule has 17 heavy (non-hydrogen) atoms. The van der Waals surface area contributed by atoms with Crippen LogP contribution in [0, 0.1) is 0 Å². The Kier molecular flexibility index (Phi) is 3.85. The molecule has 2 atom stereocenters. The molecular formula is C13H22N2OS. The van der Waals surface area contributed by atoms with Gasteiger partial charge >= 0.3 is 0 Å². The van der Waals surface area contributed by atoms with E-state index in [1.807, 2.05) is 7.05 Å². The molecule has 96 valence electrons. The maximum Gasteiger partial charge on any atom is 0.113 e. The molecule has 1 aromatic rings. The van der Waals surface area contributed by atoms with Crippen molar-refractivity contribution in [2.45, 2.75) is 51.2 Å². The largest absolute Gasteiger partial charge is 0.376 e. The minimum absolute atomic E-state index is 0.129. The number of thiazole rings is 1. The van der Waals surface area contributed by atoms with Crippen LogP contribution < -0.4 is 5.32 Å². The van der Waals surface area contributed by atoms with E-state index in [1.165, 1.54) is 12.1 Å². The summed E-state index contributed by atoms with van der Waals surface area (Å²) in [4.78, 5) is 4.77. The third-order valence-corrected chi connectivity index (χ3v) is 4.13. The highest BCUT2D eigenvalue weighted by Gasteiger charge is 2.29. The molecule has 0 spiro atoms. The average molecular weight is 254 g/mol. The Morgan fingerprint density at radius 1 is 1.53 bits per heavy atom. The summed E-state index contributed by atoms with van der Waals surface area (Å²) in [6, 6.07) is 0.249. The molecule has 1 N–H and O–H groups in total. The zero-order valence-electron chi connectivity index (χ0n) is 11.1. The number of hydrogen-bond acceptors (Lipinski definition) is 4. The monoisotopic (exact) mass is 254 g/mol. The van der Waals surface area contributed by atoms with Crippen LogP contribution in [0.2, 0.25) is 0 Å². The van der Waals surface area contributed by atoms with Gasteiger partial charge in [-0.05, 0) is 19.9 Å². The van der Waals surface area contributed by atoms with Crippen LogP contribution in [-0.4, -0.2) is 24.7 Å². The number of nitrogens with one attached hydrogen (secondary N) is 1. The van der Waals surface area contributed by atoms with E-state index in [-0.39, 0.29) is 11.5 Å². The van der Waals surface area contributed by atoms with Crippen molar-refractivity contribution in [3.8, 4) is 0 Å². The molecule has 4 heteroatoms. The summed E-state index contributed by atoms with van der Waals surface area (Å²) in [5.74, 6) is 0. The van der Waals surface area contributed by atoms with Gasteiger partial charge in [0, 0.05) is 17.4 Å². The summed E-state index contributed by atoms with van der Waals surface area (Å²) in [5, 5.41) is 6.68. The third kappa shape index (κ3) is 2.87. The van der Waals surface area contributed by atoms with Gasteiger partial charge in [-0.15, -0.1) is 11.3 Å². The van der Waals surface area contributed by atoms with Crippen molar-refractivity contribution >= 4 is 11.3 Å². The Bertz CT molecular complexity index is 364. The molecule has 0 bridgehead atoms. The van der Waals surface area contributed by atoms with Crippen molar-refractivity contribution in [1.29, 1.82) is 0 Å². The summed E-state index contributed by atoms with van der Waals surface area (Å²) in [7, 11) is 1.99. The fourth-order valence-corrected chi connectivity index (χ4v) is 3.31. The van der Waals surface area contributed by atoms with E-state index in [0.29, 0.717) is 6.10 Å². The maximum atomic E-state index is 5.76. The quantitative estimate of drug-likeness (QED) is 0.900. The second-order valence-electron chi connectivity index (χ2n) is 5.64. The summed E-state index contributed by atoms with van der Waals surface area (Å²) in [5.41, 5.74) is 1.31. The second kappa shape index (κ2) is 5.04. The highest BCUT2D eigenvalue weighted by atomic mass is 32.1. The number of ether oxygens (including phenoxy) is 1. The lowest BCUT2D eigenvalue weighted by molar-refractivity contribution is 0.0806. The Labute approximate surface area is 108 Å². The average Bonchev–Trinajstić information content (AvgIpc) is 2.87.